The summed E-state index contributed by atoms with van der Waals surface area (Å²) in [6, 6.07) is 21.0. The number of nitrogens with one attached hydrogen (secondary N) is 1. The van der Waals surface area contributed by atoms with Crippen molar-refractivity contribution in [3.63, 3.8) is 0 Å². The third-order valence-electron chi connectivity index (χ3n) is 5.00. The van der Waals surface area contributed by atoms with Gasteiger partial charge in [-0.25, -0.2) is 8.42 Å². The molecule has 0 unspecified atom stereocenters. The molecule has 0 radical (unpaired) electrons. The zero-order valence-electron chi connectivity index (χ0n) is 17.8. The zero-order valence-corrected chi connectivity index (χ0v) is 18.6. The van der Waals surface area contributed by atoms with Crippen LogP contribution in [0.4, 0.5) is 11.4 Å². The van der Waals surface area contributed by atoms with Crippen molar-refractivity contribution in [2.24, 2.45) is 0 Å². The zero-order chi connectivity index (χ0) is 22.4. The van der Waals surface area contributed by atoms with Crippen LogP contribution in [0.2, 0.25) is 0 Å². The Morgan fingerprint density at radius 2 is 1.55 bits per heavy atom. The van der Waals surface area contributed by atoms with Gasteiger partial charge in [-0.05, 0) is 67.4 Å². The minimum absolute atomic E-state index is 0.0251. The van der Waals surface area contributed by atoms with Crippen LogP contribution in [-0.4, -0.2) is 28.5 Å². The second-order valence-electron chi connectivity index (χ2n) is 7.27. The number of anilines is 2. The molecule has 0 atom stereocenters. The first-order valence-corrected chi connectivity index (χ1v) is 11.4. The molecule has 0 aliphatic heterocycles. The third kappa shape index (κ3) is 5.86. The molecule has 6 nitrogen and oxygen atoms in total. The van der Waals surface area contributed by atoms with Gasteiger partial charge in [0, 0.05) is 24.8 Å². The third-order valence-corrected chi connectivity index (χ3v) is 6.40. The lowest BCUT2D eigenvalue weighted by molar-refractivity contribution is -0.118. The lowest BCUT2D eigenvalue weighted by Gasteiger charge is -2.17. The maximum atomic E-state index is 12.6. The Bertz CT molecular complexity index is 1120. The molecular weight excluding hydrogens is 412 g/mol. The van der Waals surface area contributed by atoms with Gasteiger partial charge in [-0.15, -0.1) is 0 Å². The standard InChI is InChI=1S/C24H26N2O4S/c1-18-4-9-20(10-5-18)25-31(28,29)23-15-6-19(7-16-23)8-17-24(27)26(2)21-11-13-22(30-3)14-12-21/h4-7,9-16,25H,8,17H2,1-3H3. The van der Waals surface area contributed by atoms with Crippen molar-refractivity contribution < 1.29 is 17.9 Å². The fraction of sp³-hybridized carbons (Fsp3) is 0.208. The highest BCUT2D eigenvalue weighted by Crippen LogP contribution is 2.20. The number of sulfonamides is 1. The molecule has 0 aliphatic rings. The monoisotopic (exact) mass is 438 g/mol. The van der Waals surface area contributed by atoms with Crippen molar-refractivity contribution in [1.82, 2.24) is 0 Å². The smallest absolute Gasteiger partial charge is 0.261 e. The summed E-state index contributed by atoms with van der Waals surface area (Å²) >= 11 is 0. The highest BCUT2D eigenvalue weighted by molar-refractivity contribution is 7.92. The Labute approximate surface area is 183 Å². The minimum Gasteiger partial charge on any atom is -0.497 e. The van der Waals surface area contributed by atoms with Gasteiger partial charge in [-0.1, -0.05) is 29.8 Å². The van der Waals surface area contributed by atoms with E-state index >= 15 is 0 Å². The van der Waals surface area contributed by atoms with E-state index in [1.54, 1.807) is 55.5 Å². The van der Waals surface area contributed by atoms with Gasteiger partial charge in [0.05, 0.1) is 12.0 Å². The Balaban J connectivity index is 1.59. The summed E-state index contributed by atoms with van der Waals surface area (Å²) in [5.74, 6) is 0.708. The molecule has 3 rings (SSSR count). The molecule has 162 valence electrons. The Morgan fingerprint density at radius 1 is 0.935 bits per heavy atom. The van der Waals surface area contributed by atoms with Gasteiger partial charge in [0.2, 0.25) is 5.91 Å². The molecule has 0 spiro atoms. The highest BCUT2D eigenvalue weighted by atomic mass is 32.2. The van der Waals surface area contributed by atoms with Gasteiger partial charge in [0.15, 0.2) is 0 Å². The van der Waals surface area contributed by atoms with Crippen LogP contribution in [0.5, 0.6) is 5.75 Å². The lowest BCUT2D eigenvalue weighted by atomic mass is 10.1. The topological polar surface area (TPSA) is 75.7 Å². The Kier molecular flexibility index (Phi) is 6.97. The van der Waals surface area contributed by atoms with Crippen molar-refractivity contribution in [3.8, 4) is 5.75 Å². The summed E-state index contributed by atoms with van der Waals surface area (Å²) in [5.41, 5.74) is 3.25. The number of hydrogen-bond donors (Lipinski definition) is 1. The SMILES string of the molecule is COc1ccc(N(C)C(=O)CCc2ccc(S(=O)(=O)Nc3ccc(C)cc3)cc2)cc1. The van der Waals surface area contributed by atoms with Crippen LogP contribution in [0.3, 0.4) is 0 Å². The molecule has 0 bridgehead atoms. The van der Waals surface area contributed by atoms with E-state index in [2.05, 4.69) is 4.72 Å². The second-order valence-corrected chi connectivity index (χ2v) is 8.95. The molecule has 31 heavy (non-hydrogen) atoms. The summed E-state index contributed by atoms with van der Waals surface area (Å²) in [5, 5.41) is 0. The normalized spacial score (nSPS) is 11.1. The van der Waals surface area contributed by atoms with Crippen LogP contribution in [0.15, 0.2) is 77.7 Å². The molecule has 1 amide bonds. The molecule has 0 heterocycles. The van der Waals surface area contributed by atoms with E-state index in [-0.39, 0.29) is 10.8 Å². The van der Waals surface area contributed by atoms with Crippen molar-refractivity contribution in [1.29, 1.82) is 0 Å². The van der Waals surface area contributed by atoms with Gasteiger partial charge >= 0.3 is 0 Å². The number of hydrogen-bond acceptors (Lipinski definition) is 4. The van der Waals surface area contributed by atoms with E-state index in [1.807, 2.05) is 43.3 Å². The number of rotatable bonds is 8. The number of carbonyl (C=O) groups excluding carboxylic acids is 1. The maximum Gasteiger partial charge on any atom is 0.261 e. The van der Waals surface area contributed by atoms with Crippen LogP contribution in [0.25, 0.3) is 0 Å². The van der Waals surface area contributed by atoms with Crippen molar-refractivity contribution in [3.05, 3.63) is 83.9 Å². The van der Waals surface area contributed by atoms with E-state index in [0.29, 0.717) is 18.5 Å². The van der Waals surface area contributed by atoms with E-state index in [9.17, 15) is 13.2 Å². The average Bonchev–Trinajstić information content (AvgIpc) is 2.78. The molecule has 0 aliphatic carbocycles. The first kappa shape index (κ1) is 22.4. The van der Waals surface area contributed by atoms with Crippen molar-refractivity contribution in [2.45, 2.75) is 24.7 Å². The predicted octanol–water partition coefficient (Wildman–Crippen LogP) is 4.40. The molecule has 3 aromatic carbocycles. The Morgan fingerprint density at radius 3 is 2.13 bits per heavy atom. The fourth-order valence-electron chi connectivity index (χ4n) is 3.04. The maximum absolute atomic E-state index is 12.6. The van der Waals surface area contributed by atoms with Gasteiger partial charge < -0.3 is 9.64 Å². The minimum atomic E-state index is -3.66. The molecule has 0 saturated carbocycles. The second kappa shape index (κ2) is 9.66. The number of nitrogens with zero attached hydrogens (tertiary/aromatic N) is 1. The molecule has 1 N–H and O–H groups in total. The quantitative estimate of drug-likeness (QED) is 0.566. The van der Waals surface area contributed by atoms with Gasteiger partial charge in [0.25, 0.3) is 10.0 Å². The largest absolute Gasteiger partial charge is 0.497 e. The first-order valence-electron chi connectivity index (χ1n) is 9.87. The number of ether oxygens (including phenoxy) is 1. The summed E-state index contributed by atoms with van der Waals surface area (Å²) < 4.78 is 32.9. The average molecular weight is 439 g/mol. The fourth-order valence-corrected chi connectivity index (χ4v) is 4.10. The lowest BCUT2D eigenvalue weighted by Crippen LogP contribution is -2.26. The van der Waals surface area contributed by atoms with E-state index in [0.717, 1.165) is 22.6 Å². The van der Waals surface area contributed by atoms with Crippen LogP contribution in [0.1, 0.15) is 17.5 Å². The van der Waals surface area contributed by atoms with Gasteiger partial charge in [-0.2, -0.15) is 0 Å². The first-order chi connectivity index (χ1) is 14.8. The summed E-state index contributed by atoms with van der Waals surface area (Å²) in [4.78, 5) is 14.3. The van der Waals surface area contributed by atoms with Crippen molar-refractivity contribution >= 4 is 27.3 Å². The molecule has 3 aromatic rings. The predicted molar refractivity (Wildman–Crippen MR) is 123 cm³/mol. The summed E-state index contributed by atoms with van der Waals surface area (Å²) in [6.45, 7) is 1.94. The number of aryl methyl sites for hydroxylation is 2. The van der Waals surface area contributed by atoms with E-state index < -0.39 is 10.0 Å². The number of benzene rings is 3. The molecule has 0 aromatic heterocycles. The number of carbonyl (C=O) groups is 1. The Hall–Kier alpha value is -3.32. The highest BCUT2D eigenvalue weighted by Gasteiger charge is 2.15. The van der Waals surface area contributed by atoms with E-state index in [4.69, 9.17) is 4.74 Å². The van der Waals surface area contributed by atoms with Crippen LogP contribution < -0.4 is 14.4 Å². The molecular formula is C24H26N2O4S. The van der Waals surface area contributed by atoms with Crippen LogP contribution in [-0.2, 0) is 21.2 Å². The van der Waals surface area contributed by atoms with Gasteiger partial charge in [0.1, 0.15) is 5.75 Å². The van der Waals surface area contributed by atoms with Crippen LogP contribution in [0, 0.1) is 6.92 Å². The summed E-state index contributed by atoms with van der Waals surface area (Å²) in [7, 11) is -0.336. The van der Waals surface area contributed by atoms with Crippen LogP contribution >= 0.6 is 0 Å². The molecule has 0 fully saturated rings. The summed E-state index contributed by atoms with van der Waals surface area (Å²) in [6.07, 6.45) is 0.835. The molecule has 0 saturated heterocycles. The van der Waals surface area contributed by atoms with Gasteiger partial charge in [-0.3, -0.25) is 9.52 Å². The van der Waals surface area contributed by atoms with Crippen molar-refractivity contribution in [2.75, 3.05) is 23.8 Å². The van der Waals surface area contributed by atoms with E-state index in [1.165, 1.54) is 0 Å². The number of methoxy groups -OCH3 is 1. The molecule has 7 heteroatoms. The number of amides is 1.